The van der Waals surface area contributed by atoms with Gasteiger partial charge in [-0.15, -0.1) is 6.58 Å². The summed E-state index contributed by atoms with van der Waals surface area (Å²) in [5.41, 5.74) is 1.17. The van der Waals surface area contributed by atoms with Crippen LogP contribution in [-0.2, 0) is 14.3 Å². The summed E-state index contributed by atoms with van der Waals surface area (Å²) in [6.45, 7) is 5.71. The van der Waals surface area contributed by atoms with Gasteiger partial charge < -0.3 is 15.2 Å². The van der Waals surface area contributed by atoms with Gasteiger partial charge in [0.25, 0.3) is 0 Å². The van der Waals surface area contributed by atoms with Crippen molar-refractivity contribution >= 4 is 11.9 Å². The molecule has 0 aliphatic rings. The van der Waals surface area contributed by atoms with Crippen molar-refractivity contribution in [2.24, 2.45) is 0 Å². The first-order chi connectivity index (χ1) is 10.5. The molecule has 0 saturated carbocycles. The van der Waals surface area contributed by atoms with Gasteiger partial charge in [0, 0.05) is 6.42 Å². The van der Waals surface area contributed by atoms with Crippen LogP contribution in [0.2, 0.25) is 0 Å². The summed E-state index contributed by atoms with van der Waals surface area (Å²) in [5.74, 6) is -1.14. The minimum Gasteiger partial charge on any atom is -0.480 e. The maximum Gasteiger partial charge on any atom is 0.328 e. The van der Waals surface area contributed by atoms with Crippen molar-refractivity contribution in [3.63, 3.8) is 0 Å². The van der Waals surface area contributed by atoms with Gasteiger partial charge >= 0.3 is 5.97 Å². The van der Waals surface area contributed by atoms with E-state index in [1.165, 1.54) is 11.6 Å². The maximum absolute atomic E-state index is 11.9. The number of rotatable bonds is 10. The number of aliphatic carboxylic acids is 1. The molecule has 5 nitrogen and oxygen atoms in total. The summed E-state index contributed by atoms with van der Waals surface area (Å²) in [7, 11) is 0. The molecule has 1 aromatic rings. The average molecular weight is 305 g/mol. The quantitative estimate of drug-likeness (QED) is 0.514. The number of carbonyl (C=O) groups is 2. The van der Waals surface area contributed by atoms with E-state index in [9.17, 15) is 9.59 Å². The first-order valence-corrected chi connectivity index (χ1v) is 7.30. The van der Waals surface area contributed by atoms with Crippen molar-refractivity contribution in [2.75, 3.05) is 13.2 Å². The molecular formula is C17H23NO4. The van der Waals surface area contributed by atoms with Crippen LogP contribution in [-0.4, -0.2) is 36.2 Å². The van der Waals surface area contributed by atoms with E-state index in [4.69, 9.17) is 9.84 Å². The molecule has 0 heterocycles. The summed E-state index contributed by atoms with van der Waals surface area (Å²) in [6, 6.07) is 8.88. The maximum atomic E-state index is 11.9. The van der Waals surface area contributed by atoms with Gasteiger partial charge in [-0.3, -0.25) is 4.79 Å². The predicted octanol–water partition coefficient (Wildman–Crippen LogP) is 2.34. The van der Waals surface area contributed by atoms with Gasteiger partial charge in [-0.05, 0) is 17.9 Å². The molecule has 0 radical (unpaired) electrons. The average Bonchev–Trinajstić information content (AvgIpc) is 2.52. The van der Waals surface area contributed by atoms with Gasteiger partial charge in [0.05, 0.1) is 13.2 Å². The molecule has 1 amide bonds. The van der Waals surface area contributed by atoms with E-state index in [2.05, 4.69) is 11.9 Å². The smallest absolute Gasteiger partial charge is 0.328 e. The summed E-state index contributed by atoms with van der Waals surface area (Å²) in [5, 5.41) is 11.5. The number of amides is 1. The van der Waals surface area contributed by atoms with E-state index in [0.717, 1.165) is 0 Å². The molecule has 22 heavy (non-hydrogen) atoms. The van der Waals surface area contributed by atoms with E-state index in [0.29, 0.717) is 6.42 Å². The molecule has 0 aliphatic heterocycles. The molecule has 2 unspecified atom stereocenters. The molecule has 0 aliphatic carbocycles. The lowest BCUT2D eigenvalue weighted by atomic mass is 9.96. The lowest BCUT2D eigenvalue weighted by Gasteiger charge is -2.16. The summed E-state index contributed by atoms with van der Waals surface area (Å²) >= 11 is 0. The van der Waals surface area contributed by atoms with Crippen LogP contribution in [0.25, 0.3) is 0 Å². The van der Waals surface area contributed by atoms with Gasteiger partial charge in [0.2, 0.25) is 5.91 Å². The molecule has 0 aromatic heterocycles. The number of carbonyl (C=O) groups excluding carboxylic acids is 1. The number of carboxylic acid groups (broad SMARTS) is 1. The summed E-state index contributed by atoms with van der Waals surface area (Å²) in [4.78, 5) is 22.9. The zero-order valence-electron chi connectivity index (χ0n) is 12.8. The number of nitrogens with one attached hydrogen (secondary N) is 1. The number of hydrogen-bond donors (Lipinski definition) is 2. The van der Waals surface area contributed by atoms with Crippen molar-refractivity contribution in [1.82, 2.24) is 5.32 Å². The normalized spacial score (nSPS) is 13.1. The molecule has 1 rings (SSSR count). The predicted molar refractivity (Wildman–Crippen MR) is 84.7 cm³/mol. The van der Waals surface area contributed by atoms with Gasteiger partial charge in [0.1, 0.15) is 0 Å². The van der Waals surface area contributed by atoms with E-state index < -0.39 is 12.0 Å². The second-order valence-electron chi connectivity index (χ2n) is 5.13. The second kappa shape index (κ2) is 9.73. The van der Waals surface area contributed by atoms with Gasteiger partial charge in [-0.1, -0.05) is 43.3 Å². The number of hydrogen-bond acceptors (Lipinski definition) is 3. The van der Waals surface area contributed by atoms with Crippen molar-refractivity contribution in [3.8, 4) is 0 Å². The van der Waals surface area contributed by atoms with Crippen LogP contribution in [0.5, 0.6) is 0 Å². The Kier molecular flexibility index (Phi) is 7.92. The fraction of sp³-hybridized carbons (Fsp3) is 0.412. The third-order valence-electron chi connectivity index (χ3n) is 3.33. The largest absolute Gasteiger partial charge is 0.480 e. The van der Waals surface area contributed by atoms with Crippen LogP contribution < -0.4 is 5.32 Å². The molecule has 1 aromatic carbocycles. The zero-order valence-corrected chi connectivity index (χ0v) is 12.8. The highest BCUT2D eigenvalue weighted by atomic mass is 16.5. The molecule has 2 N–H and O–H groups in total. The molecule has 2 atom stereocenters. The monoisotopic (exact) mass is 305 g/mol. The molecule has 0 fully saturated rings. The van der Waals surface area contributed by atoms with Gasteiger partial charge in [-0.2, -0.15) is 0 Å². The van der Waals surface area contributed by atoms with Gasteiger partial charge in [0.15, 0.2) is 6.04 Å². The highest BCUT2D eigenvalue weighted by Crippen LogP contribution is 2.19. The Labute approximate surface area is 131 Å². The Bertz CT molecular complexity index is 487. The lowest BCUT2D eigenvalue weighted by molar-refractivity contribution is -0.143. The van der Waals surface area contributed by atoms with Crippen LogP contribution in [0.4, 0.5) is 0 Å². The van der Waals surface area contributed by atoms with E-state index in [1.807, 2.05) is 37.3 Å². The summed E-state index contributed by atoms with van der Waals surface area (Å²) in [6.07, 6.45) is 2.47. The molecular weight excluding hydrogens is 282 g/mol. The molecule has 0 saturated heterocycles. The Morgan fingerprint density at radius 1 is 1.36 bits per heavy atom. The molecule has 5 heteroatoms. The van der Waals surface area contributed by atoms with Crippen molar-refractivity contribution in [3.05, 3.63) is 48.6 Å². The van der Waals surface area contributed by atoms with E-state index in [1.54, 1.807) is 0 Å². The SMILES string of the molecule is C=CCOCC(NC(=O)CCC(C)c1ccccc1)C(=O)O. The van der Waals surface area contributed by atoms with Crippen LogP contribution in [0, 0.1) is 0 Å². The highest BCUT2D eigenvalue weighted by molar-refractivity contribution is 5.83. The third-order valence-corrected chi connectivity index (χ3v) is 3.33. The molecule has 120 valence electrons. The van der Waals surface area contributed by atoms with Gasteiger partial charge in [-0.25, -0.2) is 4.79 Å². The fourth-order valence-electron chi connectivity index (χ4n) is 2.01. The topological polar surface area (TPSA) is 75.6 Å². The van der Waals surface area contributed by atoms with E-state index >= 15 is 0 Å². The Hall–Kier alpha value is -2.14. The Morgan fingerprint density at radius 2 is 2.05 bits per heavy atom. The zero-order chi connectivity index (χ0) is 16.4. The minimum absolute atomic E-state index is 0.0681. The Morgan fingerprint density at radius 3 is 2.64 bits per heavy atom. The Balaban J connectivity index is 2.40. The summed E-state index contributed by atoms with van der Waals surface area (Å²) < 4.78 is 5.09. The third kappa shape index (κ3) is 6.54. The van der Waals surface area contributed by atoms with Crippen molar-refractivity contribution < 1.29 is 19.4 Å². The standard InChI is InChI=1S/C17H23NO4/c1-3-11-22-12-15(17(20)21)18-16(19)10-9-13(2)14-7-5-4-6-8-14/h3-8,13,15H,1,9-12H2,2H3,(H,18,19)(H,20,21). The van der Waals surface area contributed by atoms with Crippen LogP contribution in [0.1, 0.15) is 31.2 Å². The second-order valence-corrected chi connectivity index (χ2v) is 5.13. The van der Waals surface area contributed by atoms with Crippen molar-refractivity contribution in [2.45, 2.75) is 31.7 Å². The van der Waals surface area contributed by atoms with Crippen LogP contribution in [0.3, 0.4) is 0 Å². The van der Waals surface area contributed by atoms with Crippen LogP contribution >= 0.6 is 0 Å². The first-order valence-electron chi connectivity index (χ1n) is 7.30. The number of ether oxygens (including phenoxy) is 1. The fourth-order valence-corrected chi connectivity index (χ4v) is 2.01. The lowest BCUT2D eigenvalue weighted by Crippen LogP contribution is -2.44. The minimum atomic E-state index is -1.10. The van der Waals surface area contributed by atoms with Crippen molar-refractivity contribution in [1.29, 1.82) is 0 Å². The van der Waals surface area contributed by atoms with Crippen LogP contribution in [0.15, 0.2) is 43.0 Å². The number of benzene rings is 1. The molecule has 0 bridgehead atoms. The van der Waals surface area contributed by atoms with E-state index in [-0.39, 0.29) is 31.5 Å². The molecule has 0 spiro atoms. The number of carboxylic acids is 1. The highest BCUT2D eigenvalue weighted by Gasteiger charge is 2.20. The first kappa shape index (κ1) is 17.9.